The van der Waals surface area contributed by atoms with Crippen molar-refractivity contribution < 1.29 is 22.7 Å². The standard InChI is InChI=1S/C32H51N3O5S/c1-3-41(38,39)34(23-27-11-5-4-6-12-27)25-32(37)35(24-28-13-16-30(40-2)17-14-28)29-19-21-33(22-20-29)31(36)18-15-26-9-7-8-10-26/h13-14,16-17,26-27,29H,3-12,15,18-25H2,1-2H3. The molecule has 8 nitrogen and oxygen atoms in total. The summed E-state index contributed by atoms with van der Waals surface area (Å²) in [4.78, 5) is 30.8. The van der Waals surface area contributed by atoms with Gasteiger partial charge < -0.3 is 14.5 Å². The van der Waals surface area contributed by atoms with Gasteiger partial charge in [0, 0.05) is 38.6 Å². The van der Waals surface area contributed by atoms with E-state index in [1.54, 1.807) is 14.0 Å². The molecule has 0 spiro atoms. The second kappa shape index (κ2) is 15.4. The first kappa shape index (κ1) is 31.8. The Morgan fingerprint density at radius 3 is 2.12 bits per heavy atom. The number of rotatable bonds is 13. The Hall–Kier alpha value is -2.13. The van der Waals surface area contributed by atoms with Crippen molar-refractivity contribution in [1.82, 2.24) is 14.1 Å². The van der Waals surface area contributed by atoms with E-state index in [1.165, 1.54) is 36.4 Å². The predicted octanol–water partition coefficient (Wildman–Crippen LogP) is 5.22. The first-order valence-electron chi connectivity index (χ1n) is 16.0. The summed E-state index contributed by atoms with van der Waals surface area (Å²) >= 11 is 0. The van der Waals surface area contributed by atoms with Crippen LogP contribution in [0.5, 0.6) is 5.75 Å². The van der Waals surface area contributed by atoms with E-state index in [9.17, 15) is 18.0 Å². The Balaban J connectivity index is 1.44. The maximum Gasteiger partial charge on any atom is 0.238 e. The highest BCUT2D eigenvalue weighted by Crippen LogP contribution is 2.30. The Morgan fingerprint density at radius 1 is 0.902 bits per heavy atom. The number of carbonyl (C=O) groups excluding carboxylic acids is 2. The molecule has 3 aliphatic rings. The number of hydrogen-bond acceptors (Lipinski definition) is 5. The molecule has 9 heteroatoms. The van der Waals surface area contributed by atoms with Crippen LogP contribution in [0, 0.1) is 11.8 Å². The van der Waals surface area contributed by atoms with Crippen molar-refractivity contribution in [2.75, 3.05) is 39.0 Å². The fourth-order valence-electron chi connectivity index (χ4n) is 6.92. The van der Waals surface area contributed by atoms with Gasteiger partial charge in [0.1, 0.15) is 5.75 Å². The predicted molar refractivity (Wildman–Crippen MR) is 162 cm³/mol. The van der Waals surface area contributed by atoms with Gasteiger partial charge >= 0.3 is 0 Å². The molecule has 230 valence electrons. The molecule has 4 rings (SSSR count). The molecule has 41 heavy (non-hydrogen) atoms. The summed E-state index contributed by atoms with van der Waals surface area (Å²) in [7, 11) is -1.89. The van der Waals surface area contributed by atoms with E-state index in [2.05, 4.69) is 0 Å². The Bertz CT molecular complexity index is 1070. The first-order valence-corrected chi connectivity index (χ1v) is 17.6. The average Bonchev–Trinajstić information content (AvgIpc) is 3.53. The minimum Gasteiger partial charge on any atom is -0.497 e. The zero-order chi connectivity index (χ0) is 29.2. The average molecular weight is 590 g/mol. The minimum atomic E-state index is -3.52. The Morgan fingerprint density at radius 2 is 1.51 bits per heavy atom. The molecule has 1 aromatic rings. The van der Waals surface area contributed by atoms with Crippen LogP contribution in [0.2, 0.25) is 0 Å². The molecule has 0 aromatic heterocycles. The van der Waals surface area contributed by atoms with Gasteiger partial charge in [0.25, 0.3) is 0 Å². The summed E-state index contributed by atoms with van der Waals surface area (Å²) in [6.45, 7) is 3.64. The number of piperidine rings is 1. The van der Waals surface area contributed by atoms with E-state index in [0.717, 1.165) is 43.4 Å². The largest absolute Gasteiger partial charge is 0.497 e. The summed E-state index contributed by atoms with van der Waals surface area (Å²) in [6.07, 6.45) is 13.6. The van der Waals surface area contributed by atoms with Gasteiger partial charge in [-0.25, -0.2) is 8.42 Å². The van der Waals surface area contributed by atoms with Crippen LogP contribution in [0.25, 0.3) is 0 Å². The van der Waals surface area contributed by atoms with Crippen LogP contribution in [-0.4, -0.2) is 79.4 Å². The smallest absolute Gasteiger partial charge is 0.238 e. The summed E-state index contributed by atoms with van der Waals surface area (Å²) in [5.74, 6) is 1.84. The molecular weight excluding hydrogens is 538 g/mol. The molecule has 0 atom stereocenters. The van der Waals surface area contributed by atoms with Gasteiger partial charge in [-0.2, -0.15) is 4.31 Å². The molecule has 2 aliphatic carbocycles. The number of amides is 2. The van der Waals surface area contributed by atoms with Gasteiger partial charge in [0.05, 0.1) is 19.4 Å². The third-order valence-electron chi connectivity index (χ3n) is 9.59. The maximum absolute atomic E-state index is 14.0. The van der Waals surface area contributed by atoms with Crippen LogP contribution in [0.1, 0.15) is 96.0 Å². The lowest BCUT2D eigenvalue weighted by atomic mass is 9.89. The van der Waals surface area contributed by atoms with Gasteiger partial charge in [0.2, 0.25) is 21.8 Å². The van der Waals surface area contributed by atoms with E-state index in [0.29, 0.717) is 57.3 Å². The normalized spacial score (nSPS) is 19.5. The molecule has 0 radical (unpaired) electrons. The van der Waals surface area contributed by atoms with E-state index in [4.69, 9.17) is 4.74 Å². The highest BCUT2D eigenvalue weighted by Gasteiger charge is 2.33. The van der Waals surface area contributed by atoms with Crippen molar-refractivity contribution in [3.63, 3.8) is 0 Å². The topological polar surface area (TPSA) is 87.2 Å². The SMILES string of the molecule is CCS(=O)(=O)N(CC(=O)N(Cc1ccc(OC)cc1)C1CCN(C(=O)CCC2CCCC2)CC1)CC1CCCCC1. The third kappa shape index (κ3) is 9.18. The van der Waals surface area contributed by atoms with Gasteiger partial charge in [-0.05, 0) is 68.6 Å². The summed E-state index contributed by atoms with van der Waals surface area (Å²) < 4.78 is 33.0. The monoisotopic (exact) mass is 589 g/mol. The number of benzene rings is 1. The van der Waals surface area contributed by atoms with Gasteiger partial charge in [-0.3, -0.25) is 9.59 Å². The van der Waals surface area contributed by atoms with E-state index in [-0.39, 0.29) is 30.2 Å². The molecule has 2 saturated carbocycles. The van der Waals surface area contributed by atoms with Crippen LogP contribution < -0.4 is 4.74 Å². The molecule has 0 bridgehead atoms. The molecule has 1 aromatic carbocycles. The van der Waals surface area contributed by atoms with Crippen molar-refractivity contribution >= 4 is 21.8 Å². The molecule has 1 heterocycles. The van der Waals surface area contributed by atoms with Gasteiger partial charge in [0.15, 0.2) is 0 Å². The highest BCUT2D eigenvalue weighted by atomic mass is 32.2. The number of sulfonamides is 1. The summed E-state index contributed by atoms with van der Waals surface area (Å²) in [5.41, 5.74) is 0.978. The van der Waals surface area contributed by atoms with Crippen molar-refractivity contribution in [2.24, 2.45) is 11.8 Å². The lowest BCUT2D eigenvalue weighted by molar-refractivity contribution is -0.137. The second-order valence-electron chi connectivity index (χ2n) is 12.4. The van der Waals surface area contributed by atoms with Crippen molar-refractivity contribution in [2.45, 2.75) is 103 Å². The number of ether oxygens (including phenoxy) is 1. The number of nitrogens with zero attached hydrogens (tertiary/aromatic N) is 3. The van der Waals surface area contributed by atoms with Crippen molar-refractivity contribution in [3.8, 4) is 5.75 Å². The fourth-order valence-corrected chi connectivity index (χ4v) is 8.03. The lowest BCUT2D eigenvalue weighted by Crippen LogP contribution is -2.52. The molecule has 3 fully saturated rings. The molecular formula is C32H51N3O5S. The lowest BCUT2D eigenvalue weighted by Gasteiger charge is -2.40. The van der Waals surface area contributed by atoms with E-state index < -0.39 is 10.0 Å². The maximum atomic E-state index is 14.0. The van der Waals surface area contributed by atoms with Crippen LogP contribution >= 0.6 is 0 Å². The number of likely N-dealkylation sites (tertiary alicyclic amines) is 1. The molecule has 0 unspecified atom stereocenters. The second-order valence-corrected chi connectivity index (χ2v) is 14.6. The van der Waals surface area contributed by atoms with Crippen LogP contribution in [-0.2, 0) is 26.2 Å². The molecule has 1 aliphatic heterocycles. The van der Waals surface area contributed by atoms with Gasteiger partial charge in [-0.15, -0.1) is 0 Å². The van der Waals surface area contributed by atoms with E-state index in [1.807, 2.05) is 34.1 Å². The van der Waals surface area contributed by atoms with Crippen LogP contribution in [0.15, 0.2) is 24.3 Å². The highest BCUT2D eigenvalue weighted by molar-refractivity contribution is 7.89. The molecule has 0 N–H and O–H groups in total. The summed E-state index contributed by atoms with van der Waals surface area (Å²) in [6, 6.07) is 7.66. The number of hydrogen-bond donors (Lipinski definition) is 0. The molecule has 1 saturated heterocycles. The zero-order valence-electron chi connectivity index (χ0n) is 25.3. The Labute approximate surface area is 247 Å². The number of carbonyl (C=O) groups is 2. The van der Waals surface area contributed by atoms with E-state index >= 15 is 0 Å². The van der Waals surface area contributed by atoms with Crippen LogP contribution in [0.3, 0.4) is 0 Å². The Kier molecular flexibility index (Phi) is 11.9. The number of methoxy groups -OCH3 is 1. The van der Waals surface area contributed by atoms with Crippen LogP contribution in [0.4, 0.5) is 0 Å². The summed E-state index contributed by atoms with van der Waals surface area (Å²) in [5, 5.41) is 0. The van der Waals surface area contributed by atoms with Crippen molar-refractivity contribution in [3.05, 3.63) is 29.8 Å². The minimum absolute atomic E-state index is 0.00711. The zero-order valence-corrected chi connectivity index (χ0v) is 26.1. The quantitative estimate of drug-likeness (QED) is 0.315. The fraction of sp³-hybridized carbons (Fsp3) is 0.750. The van der Waals surface area contributed by atoms with Gasteiger partial charge in [-0.1, -0.05) is 57.1 Å². The third-order valence-corrected chi connectivity index (χ3v) is 11.4. The molecule has 2 amide bonds. The first-order chi connectivity index (χ1) is 19.8. The van der Waals surface area contributed by atoms with Crippen molar-refractivity contribution in [1.29, 1.82) is 0 Å².